The molecule has 0 N–H and O–H groups in total. The topological polar surface area (TPSA) is 38.7 Å². The lowest BCUT2D eigenvalue weighted by molar-refractivity contribution is -0.135. The zero-order chi connectivity index (χ0) is 9.52. The van der Waals surface area contributed by atoms with Crippen molar-refractivity contribution in [3.63, 3.8) is 0 Å². The number of ether oxygens (including phenoxy) is 1. The molecule has 3 heteroatoms. The third-order valence-corrected chi connectivity index (χ3v) is 1.34. The molecule has 0 bridgehead atoms. The third kappa shape index (κ3) is 3.51. The Morgan fingerprint density at radius 2 is 2.15 bits per heavy atom. The van der Waals surface area contributed by atoms with E-state index < -0.39 is 5.97 Å². The molecular formula is C10H9NO2. The molecule has 0 saturated carbocycles. The Morgan fingerprint density at radius 3 is 2.77 bits per heavy atom. The fourth-order valence-corrected chi connectivity index (χ4v) is 0.733. The lowest BCUT2D eigenvalue weighted by Gasteiger charge is -1.91. The lowest BCUT2D eigenvalue weighted by Crippen LogP contribution is -2.00. The highest BCUT2D eigenvalue weighted by atomic mass is 16.5. The van der Waals surface area contributed by atoms with Crippen molar-refractivity contribution in [2.75, 3.05) is 7.11 Å². The molecular weight excluding hydrogens is 166 g/mol. The van der Waals surface area contributed by atoms with E-state index in [0.717, 1.165) is 5.69 Å². The van der Waals surface area contributed by atoms with Gasteiger partial charge in [0.05, 0.1) is 12.8 Å². The summed E-state index contributed by atoms with van der Waals surface area (Å²) < 4.78 is 4.35. The van der Waals surface area contributed by atoms with Crippen LogP contribution in [0.2, 0.25) is 0 Å². The van der Waals surface area contributed by atoms with Gasteiger partial charge in [0, 0.05) is 6.21 Å². The van der Waals surface area contributed by atoms with E-state index in [0.29, 0.717) is 0 Å². The van der Waals surface area contributed by atoms with Crippen LogP contribution in [0.4, 0.5) is 5.69 Å². The summed E-state index contributed by atoms with van der Waals surface area (Å²) in [5.41, 5.74) is 0.777. The number of benzene rings is 1. The smallest absolute Gasteiger partial charge is 0.320 e. The number of rotatable bonds is 3. The van der Waals surface area contributed by atoms with E-state index in [1.807, 2.05) is 30.3 Å². The highest BCUT2D eigenvalue weighted by Gasteiger charge is 1.96. The molecule has 13 heavy (non-hydrogen) atoms. The molecule has 0 unspecified atom stereocenters. The van der Waals surface area contributed by atoms with Gasteiger partial charge in [-0.2, -0.15) is 0 Å². The molecule has 0 saturated heterocycles. The predicted octanol–water partition coefficient (Wildman–Crippen LogP) is 1.64. The molecule has 3 nitrogen and oxygen atoms in total. The van der Waals surface area contributed by atoms with Crippen molar-refractivity contribution in [3.8, 4) is 0 Å². The second-order valence-corrected chi connectivity index (χ2v) is 2.23. The van der Waals surface area contributed by atoms with Gasteiger partial charge in [-0.15, -0.1) is 0 Å². The normalized spacial score (nSPS) is 10.2. The Kier molecular flexibility index (Phi) is 3.70. The van der Waals surface area contributed by atoms with Crippen LogP contribution < -0.4 is 0 Å². The van der Waals surface area contributed by atoms with Gasteiger partial charge in [-0.3, -0.25) is 9.79 Å². The SMILES string of the molecule is COC(=O)[C]C=Nc1ccccc1. The Morgan fingerprint density at radius 1 is 1.46 bits per heavy atom. The molecule has 0 aliphatic rings. The van der Waals surface area contributed by atoms with Crippen molar-refractivity contribution >= 4 is 17.9 Å². The second-order valence-electron chi connectivity index (χ2n) is 2.23. The molecule has 0 spiro atoms. The van der Waals surface area contributed by atoms with Gasteiger partial charge in [-0.05, 0) is 12.1 Å². The van der Waals surface area contributed by atoms with Crippen molar-refractivity contribution in [2.24, 2.45) is 4.99 Å². The highest BCUT2D eigenvalue weighted by molar-refractivity contribution is 5.98. The zero-order valence-corrected chi connectivity index (χ0v) is 7.23. The van der Waals surface area contributed by atoms with Gasteiger partial charge in [-0.1, -0.05) is 18.2 Å². The van der Waals surface area contributed by atoms with Crippen LogP contribution in [0.3, 0.4) is 0 Å². The molecule has 0 aromatic heterocycles. The van der Waals surface area contributed by atoms with Gasteiger partial charge in [0.2, 0.25) is 0 Å². The molecule has 2 radical (unpaired) electrons. The minimum Gasteiger partial charge on any atom is -0.468 e. The van der Waals surface area contributed by atoms with Crippen LogP contribution in [-0.4, -0.2) is 19.3 Å². The second kappa shape index (κ2) is 5.09. The van der Waals surface area contributed by atoms with Crippen molar-refractivity contribution in [1.29, 1.82) is 0 Å². The largest absolute Gasteiger partial charge is 0.468 e. The molecule has 1 rings (SSSR count). The maximum Gasteiger partial charge on any atom is 0.320 e. The number of carbonyl (C=O) groups excluding carboxylic acids is 1. The number of esters is 1. The average molecular weight is 175 g/mol. The summed E-state index contributed by atoms with van der Waals surface area (Å²) in [4.78, 5) is 14.5. The van der Waals surface area contributed by atoms with Gasteiger partial charge in [0.15, 0.2) is 0 Å². The summed E-state index contributed by atoms with van der Waals surface area (Å²) in [5, 5.41) is 0. The summed E-state index contributed by atoms with van der Waals surface area (Å²) in [6.07, 6.45) is 3.62. The molecule has 1 aromatic rings. The van der Waals surface area contributed by atoms with E-state index in [1.54, 1.807) is 0 Å². The third-order valence-electron chi connectivity index (χ3n) is 1.34. The predicted molar refractivity (Wildman–Crippen MR) is 49.9 cm³/mol. The Bertz CT molecular complexity index is 293. The van der Waals surface area contributed by atoms with Crippen LogP contribution in [0.1, 0.15) is 0 Å². The Labute approximate surface area is 77.1 Å². The zero-order valence-electron chi connectivity index (χ0n) is 7.23. The first kappa shape index (κ1) is 9.45. The Hall–Kier alpha value is -1.64. The number of hydrogen-bond donors (Lipinski definition) is 0. The van der Waals surface area contributed by atoms with E-state index in [2.05, 4.69) is 16.2 Å². The Balaban J connectivity index is 2.45. The first-order valence-corrected chi connectivity index (χ1v) is 3.75. The number of aliphatic imine (C=N–C) groups is 1. The molecule has 0 fully saturated rings. The van der Waals surface area contributed by atoms with E-state index in [1.165, 1.54) is 13.3 Å². The van der Waals surface area contributed by atoms with E-state index in [9.17, 15) is 4.79 Å². The van der Waals surface area contributed by atoms with E-state index in [4.69, 9.17) is 0 Å². The van der Waals surface area contributed by atoms with Crippen LogP contribution in [0.5, 0.6) is 0 Å². The van der Waals surface area contributed by atoms with Crippen LogP contribution in [-0.2, 0) is 9.53 Å². The van der Waals surface area contributed by atoms with Crippen LogP contribution in [0, 0.1) is 6.42 Å². The lowest BCUT2D eigenvalue weighted by atomic mass is 10.3. The summed E-state index contributed by atoms with van der Waals surface area (Å²) in [7, 11) is 1.30. The first-order valence-electron chi connectivity index (χ1n) is 3.75. The van der Waals surface area contributed by atoms with Gasteiger partial charge in [0.25, 0.3) is 0 Å². The van der Waals surface area contributed by atoms with Crippen LogP contribution in [0.25, 0.3) is 0 Å². The van der Waals surface area contributed by atoms with Gasteiger partial charge in [-0.25, -0.2) is 0 Å². The number of carbonyl (C=O) groups is 1. The minimum atomic E-state index is -0.528. The molecule has 0 aliphatic heterocycles. The molecule has 0 amide bonds. The molecule has 0 heterocycles. The van der Waals surface area contributed by atoms with Crippen molar-refractivity contribution in [1.82, 2.24) is 0 Å². The fourth-order valence-electron chi connectivity index (χ4n) is 0.733. The van der Waals surface area contributed by atoms with Crippen molar-refractivity contribution in [2.45, 2.75) is 0 Å². The monoisotopic (exact) mass is 175 g/mol. The number of hydrogen-bond acceptors (Lipinski definition) is 3. The summed E-state index contributed by atoms with van der Waals surface area (Å²) >= 11 is 0. The summed E-state index contributed by atoms with van der Waals surface area (Å²) in [6.45, 7) is 0. The molecule has 0 atom stereocenters. The van der Waals surface area contributed by atoms with Crippen LogP contribution >= 0.6 is 0 Å². The highest BCUT2D eigenvalue weighted by Crippen LogP contribution is 2.08. The average Bonchev–Trinajstić information content (AvgIpc) is 2.19. The minimum absolute atomic E-state index is 0.528. The summed E-state index contributed by atoms with van der Waals surface area (Å²) in [5.74, 6) is -0.528. The molecule has 1 aromatic carbocycles. The van der Waals surface area contributed by atoms with Gasteiger partial charge < -0.3 is 4.74 Å². The maximum absolute atomic E-state index is 10.6. The number of para-hydroxylation sites is 1. The standard InChI is InChI=1S/C10H9NO2/c1-13-10(12)7-8-11-9-5-3-2-4-6-9/h2-6,8H,1H3. The van der Waals surface area contributed by atoms with Crippen molar-refractivity contribution in [3.05, 3.63) is 36.8 Å². The first-order chi connectivity index (χ1) is 6.33. The maximum atomic E-state index is 10.6. The molecule has 66 valence electrons. The van der Waals surface area contributed by atoms with E-state index in [-0.39, 0.29) is 0 Å². The van der Waals surface area contributed by atoms with Gasteiger partial charge in [0.1, 0.15) is 6.42 Å². The number of methoxy groups -OCH3 is 1. The quantitative estimate of drug-likeness (QED) is 0.517. The fraction of sp³-hybridized carbons (Fsp3) is 0.100. The van der Waals surface area contributed by atoms with Crippen molar-refractivity contribution < 1.29 is 9.53 Å². The molecule has 0 aliphatic carbocycles. The van der Waals surface area contributed by atoms with E-state index >= 15 is 0 Å². The van der Waals surface area contributed by atoms with Gasteiger partial charge >= 0.3 is 5.97 Å². The number of nitrogens with zero attached hydrogens (tertiary/aromatic N) is 1. The van der Waals surface area contributed by atoms with Crippen LogP contribution in [0.15, 0.2) is 35.3 Å². The summed E-state index contributed by atoms with van der Waals surface area (Å²) in [6, 6.07) is 9.29.